The van der Waals surface area contributed by atoms with Crippen LogP contribution in [0.2, 0.25) is 0 Å². The minimum Gasteiger partial charge on any atom is -0.461 e. The lowest BCUT2D eigenvalue weighted by Gasteiger charge is -2.18. The van der Waals surface area contributed by atoms with Crippen molar-refractivity contribution in [3.63, 3.8) is 0 Å². The van der Waals surface area contributed by atoms with Gasteiger partial charge in [-0.25, -0.2) is 0 Å². The minimum absolute atomic E-state index is 0.107. The van der Waals surface area contributed by atoms with Gasteiger partial charge in [0.05, 0.1) is 6.04 Å². The molecule has 2 N–H and O–H groups in total. The highest BCUT2D eigenvalue weighted by Crippen LogP contribution is 2.14. The molecular weight excluding hydrogens is 206 g/mol. The van der Waals surface area contributed by atoms with E-state index in [0.717, 1.165) is 6.42 Å². The van der Waals surface area contributed by atoms with E-state index in [0.29, 0.717) is 17.6 Å². The van der Waals surface area contributed by atoms with Crippen LogP contribution in [0, 0.1) is 0 Å². The van der Waals surface area contributed by atoms with E-state index >= 15 is 0 Å². The van der Waals surface area contributed by atoms with E-state index in [-0.39, 0.29) is 18.4 Å². The SMILES string of the molecule is CCCC(=O)OCC1=CC=C(C)C(=O)C1N. The summed E-state index contributed by atoms with van der Waals surface area (Å²) in [6.07, 6.45) is 4.60. The average molecular weight is 223 g/mol. The van der Waals surface area contributed by atoms with Gasteiger partial charge in [0.25, 0.3) is 0 Å². The van der Waals surface area contributed by atoms with Crippen LogP contribution in [0.5, 0.6) is 0 Å². The van der Waals surface area contributed by atoms with Crippen LogP contribution < -0.4 is 5.73 Å². The number of ether oxygens (including phenoxy) is 1. The van der Waals surface area contributed by atoms with Gasteiger partial charge in [0.15, 0.2) is 5.78 Å². The van der Waals surface area contributed by atoms with Crippen molar-refractivity contribution in [2.75, 3.05) is 6.61 Å². The van der Waals surface area contributed by atoms with Gasteiger partial charge in [-0.3, -0.25) is 9.59 Å². The molecule has 0 saturated carbocycles. The van der Waals surface area contributed by atoms with Gasteiger partial charge >= 0.3 is 5.97 Å². The monoisotopic (exact) mass is 223 g/mol. The molecule has 0 fully saturated rings. The van der Waals surface area contributed by atoms with Crippen molar-refractivity contribution in [1.82, 2.24) is 0 Å². The lowest BCUT2D eigenvalue weighted by atomic mass is 9.94. The molecule has 16 heavy (non-hydrogen) atoms. The van der Waals surface area contributed by atoms with Gasteiger partial charge in [0.1, 0.15) is 6.61 Å². The molecule has 88 valence electrons. The Labute approximate surface area is 95.1 Å². The highest BCUT2D eigenvalue weighted by Gasteiger charge is 2.23. The first-order valence-corrected chi connectivity index (χ1v) is 5.39. The number of carbonyl (C=O) groups is 2. The highest BCUT2D eigenvalue weighted by molar-refractivity contribution is 6.02. The summed E-state index contributed by atoms with van der Waals surface area (Å²) < 4.78 is 5.01. The van der Waals surface area contributed by atoms with E-state index in [1.165, 1.54) is 0 Å². The van der Waals surface area contributed by atoms with Crippen molar-refractivity contribution in [3.05, 3.63) is 23.3 Å². The molecule has 4 nitrogen and oxygen atoms in total. The van der Waals surface area contributed by atoms with Gasteiger partial charge in [-0.05, 0) is 24.5 Å². The third-order valence-electron chi connectivity index (χ3n) is 2.47. The first-order valence-electron chi connectivity index (χ1n) is 5.39. The Balaban J connectivity index is 2.55. The second-order valence-corrected chi connectivity index (χ2v) is 3.84. The fourth-order valence-corrected chi connectivity index (χ4v) is 1.41. The predicted octanol–water partition coefficient (Wildman–Crippen LogP) is 1.11. The van der Waals surface area contributed by atoms with Crippen LogP contribution >= 0.6 is 0 Å². The molecule has 0 saturated heterocycles. The summed E-state index contributed by atoms with van der Waals surface area (Å²) in [4.78, 5) is 22.7. The zero-order valence-electron chi connectivity index (χ0n) is 9.66. The first-order chi connectivity index (χ1) is 7.56. The largest absolute Gasteiger partial charge is 0.461 e. The van der Waals surface area contributed by atoms with E-state index in [4.69, 9.17) is 10.5 Å². The predicted molar refractivity (Wildman–Crippen MR) is 60.7 cm³/mol. The molecule has 1 aliphatic carbocycles. The molecule has 1 unspecified atom stereocenters. The molecule has 0 aliphatic heterocycles. The molecule has 0 amide bonds. The quantitative estimate of drug-likeness (QED) is 0.725. The van der Waals surface area contributed by atoms with E-state index in [9.17, 15) is 9.59 Å². The van der Waals surface area contributed by atoms with E-state index < -0.39 is 6.04 Å². The van der Waals surface area contributed by atoms with Crippen LogP contribution in [0.1, 0.15) is 26.7 Å². The molecule has 0 aromatic heterocycles. The molecule has 0 spiro atoms. The van der Waals surface area contributed by atoms with Crippen LogP contribution in [0.4, 0.5) is 0 Å². The molecular formula is C12H17NO3. The summed E-state index contributed by atoms with van der Waals surface area (Å²) in [5.41, 5.74) is 7.01. The number of hydrogen-bond acceptors (Lipinski definition) is 4. The molecule has 1 rings (SSSR count). The number of Topliss-reactive ketones (excluding diaryl/α,β-unsaturated/α-hetero) is 1. The Morgan fingerprint density at radius 3 is 2.81 bits per heavy atom. The molecule has 0 heterocycles. The van der Waals surface area contributed by atoms with E-state index in [1.54, 1.807) is 19.1 Å². The van der Waals surface area contributed by atoms with Gasteiger partial charge in [0.2, 0.25) is 0 Å². The van der Waals surface area contributed by atoms with Crippen molar-refractivity contribution in [1.29, 1.82) is 0 Å². The maximum Gasteiger partial charge on any atom is 0.306 e. The lowest BCUT2D eigenvalue weighted by Crippen LogP contribution is -2.36. The Kier molecular flexibility index (Phi) is 4.43. The van der Waals surface area contributed by atoms with Gasteiger partial charge in [-0.2, -0.15) is 0 Å². The third kappa shape index (κ3) is 3.03. The minimum atomic E-state index is -0.667. The summed E-state index contributed by atoms with van der Waals surface area (Å²) >= 11 is 0. The zero-order valence-corrected chi connectivity index (χ0v) is 9.66. The summed E-state index contributed by atoms with van der Waals surface area (Å²) in [5, 5.41) is 0. The van der Waals surface area contributed by atoms with E-state index in [2.05, 4.69) is 0 Å². The second kappa shape index (κ2) is 5.61. The van der Waals surface area contributed by atoms with Crippen LogP contribution in [-0.4, -0.2) is 24.4 Å². The number of allylic oxidation sites excluding steroid dienone is 2. The van der Waals surface area contributed by atoms with Crippen molar-refractivity contribution >= 4 is 11.8 Å². The van der Waals surface area contributed by atoms with Gasteiger partial charge < -0.3 is 10.5 Å². The molecule has 0 bridgehead atoms. The van der Waals surface area contributed by atoms with Crippen molar-refractivity contribution < 1.29 is 14.3 Å². The van der Waals surface area contributed by atoms with Crippen LogP contribution in [-0.2, 0) is 14.3 Å². The zero-order chi connectivity index (χ0) is 12.1. The molecule has 0 aromatic carbocycles. The molecule has 1 atom stereocenters. The fourth-order valence-electron chi connectivity index (χ4n) is 1.41. The van der Waals surface area contributed by atoms with Gasteiger partial charge in [-0.1, -0.05) is 19.1 Å². The van der Waals surface area contributed by atoms with E-state index in [1.807, 2.05) is 6.92 Å². The van der Waals surface area contributed by atoms with Crippen LogP contribution in [0.3, 0.4) is 0 Å². The molecule has 1 aliphatic rings. The standard InChI is InChI=1S/C12H17NO3/c1-3-4-10(14)16-7-9-6-5-8(2)12(15)11(9)13/h5-6,11H,3-4,7,13H2,1-2H3. The second-order valence-electron chi connectivity index (χ2n) is 3.84. The highest BCUT2D eigenvalue weighted by atomic mass is 16.5. The Bertz CT molecular complexity index is 355. The normalized spacial score (nSPS) is 20.2. The smallest absolute Gasteiger partial charge is 0.306 e. The summed E-state index contributed by atoms with van der Waals surface area (Å²) in [7, 11) is 0. The van der Waals surface area contributed by atoms with Crippen LogP contribution in [0.15, 0.2) is 23.3 Å². The molecule has 0 aromatic rings. The molecule has 4 heteroatoms. The van der Waals surface area contributed by atoms with Crippen molar-refractivity contribution in [3.8, 4) is 0 Å². The van der Waals surface area contributed by atoms with Gasteiger partial charge in [-0.15, -0.1) is 0 Å². The number of ketones is 1. The van der Waals surface area contributed by atoms with Crippen molar-refractivity contribution in [2.24, 2.45) is 5.73 Å². The third-order valence-corrected chi connectivity index (χ3v) is 2.47. The maximum atomic E-state index is 11.5. The lowest BCUT2D eigenvalue weighted by molar-refractivity contribution is -0.143. The topological polar surface area (TPSA) is 69.4 Å². The number of carbonyl (C=O) groups excluding carboxylic acids is 2. The Hall–Kier alpha value is -1.42. The van der Waals surface area contributed by atoms with Crippen LogP contribution in [0.25, 0.3) is 0 Å². The summed E-state index contributed by atoms with van der Waals surface area (Å²) in [5.74, 6) is -0.363. The first kappa shape index (κ1) is 12.6. The Morgan fingerprint density at radius 2 is 2.19 bits per heavy atom. The number of nitrogens with two attached hydrogens (primary N) is 1. The fraction of sp³-hybridized carbons (Fsp3) is 0.500. The average Bonchev–Trinajstić information content (AvgIpc) is 2.25. The summed E-state index contributed by atoms with van der Waals surface area (Å²) in [6, 6.07) is -0.667. The summed E-state index contributed by atoms with van der Waals surface area (Å²) in [6.45, 7) is 3.73. The maximum absolute atomic E-state index is 11.5. The van der Waals surface area contributed by atoms with Crippen molar-refractivity contribution in [2.45, 2.75) is 32.7 Å². The molecule has 0 radical (unpaired) electrons. The van der Waals surface area contributed by atoms with Gasteiger partial charge in [0, 0.05) is 6.42 Å². The Morgan fingerprint density at radius 1 is 1.50 bits per heavy atom. The number of hydrogen-bond donors (Lipinski definition) is 1. The number of rotatable bonds is 4. The number of esters is 1.